The van der Waals surface area contributed by atoms with E-state index in [-0.39, 0.29) is 5.75 Å². The molecule has 0 saturated carbocycles. The Morgan fingerprint density at radius 2 is 1.75 bits per heavy atom. The second-order valence-corrected chi connectivity index (χ2v) is 5.31. The largest absolute Gasteiger partial charge is 0.508 e. The number of hydrogen-bond donors (Lipinski definition) is 2. The molecule has 0 aromatic heterocycles. The number of phenolic OH excluding ortho intramolecular Hbond substituents is 1. The first-order valence-corrected chi connectivity index (χ1v) is 6.58. The zero-order valence-electron chi connectivity index (χ0n) is 12.1. The molecule has 0 bridgehead atoms. The molecular formula is C17H20O3. The van der Waals surface area contributed by atoms with Crippen LogP contribution < -0.4 is 4.74 Å². The van der Waals surface area contributed by atoms with Crippen LogP contribution in [0.15, 0.2) is 42.5 Å². The Morgan fingerprint density at radius 3 is 2.35 bits per heavy atom. The van der Waals surface area contributed by atoms with E-state index in [4.69, 9.17) is 4.74 Å². The Morgan fingerprint density at radius 1 is 1.10 bits per heavy atom. The first kappa shape index (κ1) is 14.4. The van der Waals surface area contributed by atoms with E-state index in [1.54, 1.807) is 38.3 Å². The summed E-state index contributed by atoms with van der Waals surface area (Å²) in [6.07, 6.45) is 0.447. The third-order valence-electron chi connectivity index (χ3n) is 3.46. The van der Waals surface area contributed by atoms with Gasteiger partial charge in [0, 0.05) is 6.42 Å². The highest BCUT2D eigenvalue weighted by Crippen LogP contribution is 2.31. The third-order valence-corrected chi connectivity index (χ3v) is 3.46. The average molecular weight is 272 g/mol. The Kier molecular flexibility index (Phi) is 4.00. The summed E-state index contributed by atoms with van der Waals surface area (Å²) in [6.45, 7) is 3.78. The Balaban J connectivity index is 2.32. The summed E-state index contributed by atoms with van der Waals surface area (Å²) >= 11 is 0. The maximum Gasteiger partial charge on any atom is 0.122 e. The van der Waals surface area contributed by atoms with Crippen LogP contribution in [0.4, 0.5) is 0 Å². The molecule has 0 fully saturated rings. The van der Waals surface area contributed by atoms with Crippen LogP contribution in [0.2, 0.25) is 0 Å². The first-order valence-electron chi connectivity index (χ1n) is 6.58. The van der Waals surface area contributed by atoms with Gasteiger partial charge in [-0.3, -0.25) is 0 Å². The summed E-state index contributed by atoms with van der Waals surface area (Å²) in [4.78, 5) is 0. The smallest absolute Gasteiger partial charge is 0.122 e. The predicted molar refractivity (Wildman–Crippen MR) is 79.1 cm³/mol. The summed E-state index contributed by atoms with van der Waals surface area (Å²) in [5, 5.41) is 20.0. The van der Waals surface area contributed by atoms with Crippen molar-refractivity contribution in [2.45, 2.75) is 25.9 Å². The maximum atomic E-state index is 10.7. The van der Waals surface area contributed by atoms with Gasteiger partial charge < -0.3 is 14.9 Å². The Hall–Kier alpha value is -2.00. The van der Waals surface area contributed by atoms with Crippen LogP contribution in [0.3, 0.4) is 0 Å². The summed E-state index contributed by atoms with van der Waals surface area (Å²) in [5.41, 5.74) is 1.83. The fourth-order valence-electron chi connectivity index (χ4n) is 2.34. The third kappa shape index (κ3) is 3.11. The van der Waals surface area contributed by atoms with Gasteiger partial charge in [0.05, 0.1) is 12.7 Å². The van der Waals surface area contributed by atoms with Gasteiger partial charge in [0.2, 0.25) is 0 Å². The van der Waals surface area contributed by atoms with Crippen LogP contribution in [0.1, 0.15) is 23.6 Å². The molecule has 0 amide bonds. The number of methoxy groups -OCH3 is 1. The molecule has 0 aliphatic heterocycles. The van der Waals surface area contributed by atoms with Crippen molar-refractivity contribution in [3.8, 4) is 11.5 Å². The van der Waals surface area contributed by atoms with Gasteiger partial charge in [0.1, 0.15) is 11.5 Å². The van der Waals surface area contributed by atoms with Crippen molar-refractivity contribution in [2.75, 3.05) is 7.11 Å². The molecule has 0 saturated heterocycles. The lowest BCUT2D eigenvalue weighted by Crippen LogP contribution is -2.24. The number of ether oxygens (including phenoxy) is 1. The Bertz CT molecular complexity index is 586. The second kappa shape index (κ2) is 5.55. The van der Waals surface area contributed by atoms with Crippen LogP contribution in [-0.2, 0) is 12.0 Å². The highest BCUT2D eigenvalue weighted by Gasteiger charge is 2.25. The van der Waals surface area contributed by atoms with Crippen molar-refractivity contribution < 1.29 is 14.9 Å². The van der Waals surface area contributed by atoms with E-state index in [1.807, 2.05) is 25.1 Å². The standard InChI is InChI=1S/C17H20O3/c1-12-4-9-16(20-3)13(10-12)11-17(2,19)14-5-7-15(18)8-6-14/h4-10,18-19H,11H2,1-3H3. The van der Waals surface area contributed by atoms with Gasteiger partial charge in [-0.05, 0) is 43.2 Å². The van der Waals surface area contributed by atoms with E-state index >= 15 is 0 Å². The van der Waals surface area contributed by atoms with E-state index < -0.39 is 5.60 Å². The number of benzene rings is 2. The fraction of sp³-hybridized carbons (Fsp3) is 0.294. The molecule has 106 valence electrons. The van der Waals surface area contributed by atoms with Crippen molar-refractivity contribution in [2.24, 2.45) is 0 Å². The normalized spacial score (nSPS) is 13.8. The van der Waals surface area contributed by atoms with Gasteiger partial charge in [0.25, 0.3) is 0 Å². The van der Waals surface area contributed by atoms with Crippen LogP contribution in [0.25, 0.3) is 0 Å². The molecule has 0 radical (unpaired) electrons. The number of aromatic hydroxyl groups is 1. The van der Waals surface area contributed by atoms with Gasteiger partial charge in [-0.2, -0.15) is 0 Å². The van der Waals surface area contributed by atoms with Crippen LogP contribution in [0, 0.1) is 6.92 Å². The molecule has 0 heterocycles. The first-order chi connectivity index (χ1) is 9.42. The van der Waals surface area contributed by atoms with Crippen LogP contribution in [0.5, 0.6) is 11.5 Å². The van der Waals surface area contributed by atoms with Gasteiger partial charge >= 0.3 is 0 Å². The summed E-state index contributed by atoms with van der Waals surface area (Å²) in [7, 11) is 1.63. The quantitative estimate of drug-likeness (QED) is 0.899. The summed E-state index contributed by atoms with van der Waals surface area (Å²) in [5.74, 6) is 0.965. The van der Waals surface area contributed by atoms with Crippen molar-refractivity contribution in [1.29, 1.82) is 0 Å². The van der Waals surface area contributed by atoms with Crippen molar-refractivity contribution in [3.05, 3.63) is 59.2 Å². The van der Waals surface area contributed by atoms with Gasteiger partial charge in [0.15, 0.2) is 0 Å². The minimum atomic E-state index is -1.02. The number of phenols is 1. The zero-order chi connectivity index (χ0) is 14.8. The second-order valence-electron chi connectivity index (χ2n) is 5.31. The lowest BCUT2D eigenvalue weighted by atomic mass is 9.88. The van der Waals surface area contributed by atoms with Crippen molar-refractivity contribution in [3.63, 3.8) is 0 Å². The van der Waals surface area contributed by atoms with Gasteiger partial charge in [-0.15, -0.1) is 0 Å². The SMILES string of the molecule is COc1ccc(C)cc1CC(C)(O)c1ccc(O)cc1. The van der Waals surface area contributed by atoms with E-state index in [0.29, 0.717) is 6.42 Å². The molecule has 2 aromatic carbocycles. The predicted octanol–water partition coefficient (Wildman–Crippen LogP) is 3.16. The number of aryl methyl sites for hydroxylation is 1. The van der Waals surface area contributed by atoms with E-state index in [1.165, 1.54) is 0 Å². The molecule has 0 aliphatic rings. The topological polar surface area (TPSA) is 49.7 Å². The van der Waals surface area contributed by atoms with Crippen molar-refractivity contribution >= 4 is 0 Å². The maximum absolute atomic E-state index is 10.7. The minimum Gasteiger partial charge on any atom is -0.508 e. The lowest BCUT2D eigenvalue weighted by molar-refractivity contribution is 0.0569. The zero-order valence-corrected chi connectivity index (χ0v) is 12.1. The highest BCUT2D eigenvalue weighted by molar-refractivity contribution is 5.39. The minimum absolute atomic E-state index is 0.192. The molecule has 2 rings (SSSR count). The highest BCUT2D eigenvalue weighted by atomic mass is 16.5. The summed E-state index contributed by atoms with van der Waals surface area (Å²) < 4.78 is 5.35. The van der Waals surface area contributed by atoms with Crippen LogP contribution >= 0.6 is 0 Å². The molecule has 20 heavy (non-hydrogen) atoms. The molecule has 1 unspecified atom stereocenters. The molecule has 3 heteroatoms. The lowest BCUT2D eigenvalue weighted by Gasteiger charge is -2.25. The fourth-order valence-corrected chi connectivity index (χ4v) is 2.34. The van der Waals surface area contributed by atoms with E-state index in [0.717, 1.165) is 22.4 Å². The molecule has 0 spiro atoms. The van der Waals surface area contributed by atoms with E-state index in [9.17, 15) is 10.2 Å². The molecule has 0 aliphatic carbocycles. The van der Waals surface area contributed by atoms with Crippen LogP contribution in [-0.4, -0.2) is 17.3 Å². The molecule has 3 nitrogen and oxygen atoms in total. The van der Waals surface area contributed by atoms with Crippen molar-refractivity contribution in [1.82, 2.24) is 0 Å². The molecular weight excluding hydrogens is 252 g/mol. The van der Waals surface area contributed by atoms with Gasteiger partial charge in [-0.1, -0.05) is 29.8 Å². The summed E-state index contributed by atoms with van der Waals surface area (Å²) in [6, 6.07) is 12.5. The Labute approximate surface area is 119 Å². The number of hydrogen-bond acceptors (Lipinski definition) is 3. The van der Waals surface area contributed by atoms with E-state index in [2.05, 4.69) is 0 Å². The average Bonchev–Trinajstić information content (AvgIpc) is 2.39. The molecule has 1 atom stereocenters. The van der Waals surface area contributed by atoms with Gasteiger partial charge in [-0.25, -0.2) is 0 Å². The molecule has 2 aromatic rings. The number of aliphatic hydroxyl groups is 1. The number of rotatable bonds is 4. The molecule has 2 N–H and O–H groups in total. The monoisotopic (exact) mass is 272 g/mol.